The Hall–Kier alpha value is -5.52. The number of aromatic nitrogens is 5. The maximum atomic E-state index is 6.80. The third-order valence-electron chi connectivity index (χ3n) is 9.42. The third kappa shape index (κ3) is 5.44. The Morgan fingerprint density at radius 2 is 1.51 bits per heavy atom. The van der Waals surface area contributed by atoms with Crippen LogP contribution >= 0.6 is 0 Å². The number of pyridine rings is 1. The average Bonchev–Trinajstić information content (AvgIpc) is 3.82. The zero-order chi connectivity index (χ0) is 34.1. The first-order chi connectivity index (χ1) is 24.2. The molecule has 8 heteroatoms. The Labute approximate surface area is 309 Å². The second-order valence-electron chi connectivity index (χ2n) is 13.8. The van der Waals surface area contributed by atoms with Gasteiger partial charge in [0.15, 0.2) is 0 Å². The van der Waals surface area contributed by atoms with Crippen LogP contribution in [0.15, 0.2) is 114 Å². The van der Waals surface area contributed by atoms with E-state index in [4.69, 9.17) is 19.1 Å². The van der Waals surface area contributed by atoms with Gasteiger partial charge < -0.3 is 13.7 Å². The van der Waals surface area contributed by atoms with Crippen LogP contribution in [0.4, 0.5) is 0 Å². The van der Waals surface area contributed by atoms with E-state index in [9.17, 15) is 0 Å². The van der Waals surface area contributed by atoms with Crippen LogP contribution in [-0.4, -0.2) is 24.3 Å². The first-order valence-corrected chi connectivity index (χ1v) is 16.7. The fraction of sp³-hybridized carbons (Fsp3) is 0.140. The van der Waals surface area contributed by atoms with Gasteiger partial charge >= 0.3 is 21.1 Å². The second kappa shape index (κ2) is 12.4. The number of ether oxygens (including phenoxy) is 1. The predicted octanol–water partition coefficient (Wildman–Crippen LogP) is 10.6. The minimum atomic E-state index is -0.0316. The van der Waals surface area contributed by atoms with Crippen LogP contribution in [0.3, 0.4) is 0 Å². The molecule has 0 saturated carbocycles. The first-order valence-electron chi connectivity index (χ1n) is 16.7. The van der Waals surface area contributed by atoms with Gasteiger partial charge in [0.25, 0.3) is 0 Å². The second-order valence-corrected chi connectivity index (χ2v) is 13.8. The molecule has 0 aliphatic heterocycles. The van der Waals surface area contributed by atoms with Crippen LogP contribution in [0.1, 0.15) is 37.5 Å². The first kappa shape index (κ1) is 32.7. The number of hydrogen-bond acceptors (Lipinski definition) is 5. The van der Waals surface area contributed by atoms with Crippen LogP contribution in [-0.2, 0) is 26.5 Å². The molecule has 4 heterocycles. The van der Waals surface area contributed by atoms with Crippen molar-refractivity contribution in [2.45, 2.75) is 40.0 Å². The molecular weight excluding hydrogens is 814 g/mol. The van der Waals surface area contributed by atoms with Crippen molar-refractivity contribution in [3.63, 3.8) is 0 Å². The fourth-order valence-corrected chi connectivity index (χ4v) is 6.97. The smallest absolute Gasteiger partial charge is 0.502 e. The summed E-state index contributed by atoms with van der Waals surface area (Å²) in [5, 5.41) is 8.59. The van der Waals surface area contributed by atoms with Crippen molar-refractivity contribution < 1.29 is 30.2 Å². The molecule has 0 unspecified atom stereocenters. The van der Waals surface area contributed by atoms with E-state index in [1.807, 2.05) is 53.3 Å². The summed E-state index contributed by atoms with van der Waals surface area (Å²) >= 11 is 0. The van der Waals surface area contributed by atoms with Crippen molar-refractivity contribution in [1.29, 1.82) is 0 Å². The molecule has 0 aliphatic carbocycles. The number of furan rings is 1. The summed E-state index contributed by atoms with van der Waals surface area (Å²) in [5.41, 5.74) is 8.41. The Bertz CT molecular complexity index is 2750. The molecule has 9 rings (SSSR count). The van der Waals surface area contributed by atoms with Crippen LogP contribution in [0, 0.1) is 26.0 Å². The quantitative estimate of drug-likeness (QED) is 0.161. The van der Waals surface area contributed by atoms with Crippen molar-refractivity contribution in [2.24, 2.45) is 0 Å². The minimum absolute atomic E-state index is 0. The van der Waals surface area contributed by atoms with Crippen molar-refractivity contribution in [2.75, 3.05) is 0 Å². The van der Waals surface area contributed by atoms with Gasteiger partial charge in [0, 0.05) is 17.5 Å². The molecule has 5 aromatic carbocycles. The van der Waals surface area contributed by atoms with Crippen LogP contribution in [0.5, 0.6) is 11.5 Å². The monoisotopic (exact) mass is 846 g/mol. The van der Waals surface area contributed by atoms with Crippen molar-refractivity contribution in [1.82, 2.24) is 24.3 Å². The van der Waals surface area contributed by atoms with E-state index in [1.54, 1.807) is 6.33 Å². The molecular formula is C43H33N5O2Pt. The van der Waals surface area contributed by atoms with Gasteiger partial charge in [-0.05, 0) is 76.4 Å². The van der Waals surface area contributed by atoms with Gasteiger partial charge in [-0.1, -0.05) is 98.6 Å². The summed E-state index contributed by atoms with van der Waals surface area (Å²) in [4.78, 5) is 9.53. The zero-order valence-electron chi connectivity index (χ0n) is 28.8. The van der Waals surface area contributed by atoms with E-state index in [0.717, 1.165) is 60.8 Å². The molecule has 0 atom stereocenters. The molecule has 252 valence electrons. The molecule has 0 spiro atoms. The third-order valence-corrected chi connectivity index (χ3v) is 9.42. The van der Waals surface area contributed by atoms with Gasteiger partial charge in [-0.3, -0.25) is 9.67 Å². The number of fused-ring (bicyclic) bond motifs is 6. The Morgan fingerprint density at radius 3 is 2.31 bits per heavy atom. The number of benzene rings is 5. The summed E-state index contributed by atoms with van der Waals surface area (Å²) in [6.45, 7) is 10.8. The Morgan fingerprint density at radius 1 is 0.745 bits per heavy atom. The molecule has 4 aromatic heterocycles. The molecule has 0 aliphatic rings. The van der Waals surface area contributed by atoms with E-state index in [-0.39, 0.29) is 26.5 Å². The maximum absolute atomic E-state index is 6.80. The van der Waals surface area contributed by atoms with Crippen molar-refractivity contribution >= 4 is 43.7 Å². The average molecular weight is 847 g/mol. The molecule has 0 N–H and O–H groups in total. The number of nitrogens with zero attached hydrogens (tertiary/aromatic N) is 5. The van der Waals surface area contributed by atoms with Crippen LogP contribution in [0.25, 0.3) is 66.6 Å². The van der Waals surface area contributed by atoms with E-state index in [1.165, 1.54) is 5.56 Å². The minimum Gasteiger partial charge on any atom is -0.502 e. The summed E-state index contributed by atoms with van der Waals surface area (Å²) in [6, 6.07) is 40.0. The molecule has 9 aromatic rings. The number of aryl methyl sites for hydroxylation is 2. The number of para-hydroxylation sites is 3. The molecule has 0 fully saturated rings. The van der Waals surface area contributed by atoms with Gasteiger partial charge in [-0.25, -0.2) is 4.98 Å². The summed E-state index contributed by atoms with van der Waals surface area (Å²) < 4.78 is 17.2. The summed E-state index contributed by atoms with van der Waals surface area (Å²) in [7, 11) is 0. The molecule has 7 nitrogen and oxygen atoms in total. The molecule has 0 amide bonds. The fourth-order valence-electron chi connectivity index (χ4n) is 6.97. The van der Waals surface area contributed by atoms with Crippen molar-refractivity contribution in [3.05, 3.63) is 138 Å². The SMILES string of the molecule is Cc1cccc(C)c1-n1ncnc1-c1[c-]c(Oc2[c-]c3c(cc2)c2ccccc2n3-c2cc(C(C)(C)C)ccn2)c2c(c1)oc1ccccc12.[Pt+2]. The molecule has 0 saturated heterocycles. The van der Waals surface area contributed by atoms with Gasteiger partial charge in [0.1, 0.15) is 17.7 Å². The summed E-state index contributed by atoms with van der Waals surface area (Å²) in [5.74, 6) is 2.54. The summed E-state index contributed by atoms with van der Waals surface area (Å²) in [6.07, 6.45) is 3.46. The van der Waals surface area contributed by atoms with Gasteiger partial charge in [-0.15, -0.1) is 17.5 Å². The zero-order valence-corrected chi connectivity index (χ0v) is 31.0. The topological polar surface area (TPSA) is 70.9 Å². The maximum Gasteiger partial charge on any atom is 2.00 e. The van der Waals surface area contributed by atoms with Crippen LogP contribution < -0.4 is 4.74 Å². The van der Waals surface area contributed by atoms with Gasteiger partial charge in [0.05, 0.1) is 22.8 Å². The number of rotatable bonds is 5. The number of hydrogen-bond donors (Lipinski definition) is 0. The van der Waals surface area contributed by atoms with E-state index in [2.05, 4.69) is 111 Å². The predicted molar refractivity (Wildman–Crippen MR) is 199 cm³/mol. The standard InChI is InChI=1S/C43H33N5O2.Pt/c1-26-11-10-12-27(2)41(26)48-42(45-25-46-48)28-21-37(40-33-14-7-9-16-36(33)50-38(40)22-28)49-30-17-18-32-31-13-6-8-15-34(31)47(35(32)24-30)39-23-29(19-20-44-39)43(3,4)5;/h6-20,22-23,25H,1-5H3;/q-2;+2. The Balaban J connectivity index is 0.00000374. The van der Waals surface area contributed by atoms with Gasteiger partial charge in [-0.2, -0.15) is 11.2 Å². The van der Waals surface area contributed by atoms with E-state index < -0.39 is 0 Å². The normalized spacial score (nSPS) is 11.9. The Kier molecular flexibility index (Phi) is 7.92. The molecule has 51 heavy (non-hydrogen) atoms. The molecule has 0 bridgehead atoms. The van der Waals surface area contributed by atoms with E-state index in [0.29, 0.717) is 28.5 Å². The molecule has 0 radical (unpaired) electrons. The largest absolute Gasteiger partial charge is 2.00 e. The van der Waals surface area contributed by atoms with E-state index >= 15 is 0 Å². The van der Waals surface area contributed by atoms with Crippen molar-refractivity contribution in [3.8, 4) is 34.4 Å². The van der Waals surface area contributed by atoms with Crippen LogP contribution in [0.2, 0.25) is 0 Å². The van der Waals surface area contributed by atoms with Gasteiger partial charge in [0.2, 0.25) is 0 Å².